The number of nitrogens with zero attached hydrogens (tertiary/aromatic N) is 1. The summed E-state index contributed by atoms with van der Waals surface area (Å²) in [5, 5.41) is 0. The van der Waals surface area contributed by atoms with Crippen molar-refractivity contribution in [2.45, 2.75) is 12.5 Å². The van der Waals surface area contributed by atoms with Gasteiger partial charge in [-0.05, 0) is 13.5 Å². The Morgan fingerprint density at radius 2 is 2.10 bits per heavy atom. The van der Waals surface area contributed by atoms with Gasteiger partial charge in [0.25, 0.3) is 0 Å². The third kappa shape index (κ3) is 3.58. The van der Waals surface area contributed by atoms with Crippen LogP contribution in [0.5, 0.6) is 0 Å². The zero-order valence-electron chi connectivity index (χ0n) is 5.95. The van der Waals surface area contributed by atoms with Gasteiger partial charge in [0, 0.05) is 13.1 Å². The first-order chi connectivity index (χ1) is 3.83. The van der Waals surface area contributed by atoms with Crippen LogP contribution in [0.4, 0.5) is 0 Å². The molecule has 3 nitrogen and oxygen atoms in total. The van der Waals surface area contributed by atoms with Crippen LogP contribution in [-0.4, -0.2) is 31.1 Å². The second kappa shape index (κ2) is 6.19. The monoisotopic (exact) mass is 188 g/mol. The normalized spacial score (nSPS) is 25.2. The Balaban J connectivity index is 0. The van der Waals surface area contributed by atoms with E-state index in [0.717, 1.165) is 19.5 Å². The van der Waals surface area contributed by atoms with Gasteiger partial charge in [0.05, 0.1) is 6.10 Å². The Kier molecular flexibility index (Phi) is 8.09. The first kappa shape index (κ1) is 13.1. The van der Waals surface area contributed by atoms with Gasteiger partial charge in [-0.15, -0.1) is 24.8 Å². The molecule has 5 heteroatoms. The smallest absolute Gasteiger partial charge is 0.0925 e. The lowest BCUT2D eigenvalue weighted by Gasteiger charge is -2.05. The summed E-state index contributed by atoms with van der Waals surface area (Å²) in [6.45, 7) is 2.10. The zero-order valence-corrected chi connectivity index (χ0v) is 7.58. The van der Waals surface area contributed by atoms with E-state index >= 15 is 0 Å². The number of likely N-dealkylation sites (tertiary alicyclic amines) is 1. The Bertz CT molecular complexity index is 84.0. The molecule has 1 aliphatic heterocycles. The van der Waals surface area contributed by atoms with Crippen LogP contribution in [-0.2, 0) is 4.84 Å². The Labute approximate surface area is 73.7 Å². The number of nitrogens with two attached hydrogens (primary N) is 1. The molecule has 1 fully saturated rings. The lowest BCUT2D eigenvalue weighted by Crippen LogP contribution is -2.21. The SMILES string of the molecule is CN1CCC(ON)C1.Cl.Cl. The standard InChI is InChI=1S/C5H12N2O.2ClH/c1-7-3-2-5(4-7)8-6;;/h5H,2-4,6H2,1H3;2*1H. The van der Waals surface area contributed by atoms with Gasteiger partial charge in [0.2, 0.25) is 0 Å². The van der Waals surface area contributed by atoms with Crippen molar-refractivity contribution in [3.8, 4) is 0 Å². The molecule has 1 unspecified atom stereocenters. The fraction of sp³-hybridized carbons (Fsp3) is 1.00. The number of rotatable bonds is 1. The van der Waals surface area contributed by atoms with Gasteiger partial charge >= 0.3 is 0 Å². The Hall–Kier alpha value is 0.460. The second-order valence-corrected chi connectivity index (χ2v) is 2.31. The number of hydrogen-bond donors (Lipinski definition) is 1. The van der Waals surface area contributed by atoms with E-state index in [1.54, 1.807) is 0 Å². The van der Waals surface area contributed by atoms with Gasteiger partial charge in [-0.2, -0.15) is 0 Å². The molecule has 0 radical (unpaired) electrons. The zero-order chi connectivity index (χ0) is 5.98. The van der Waals surface area contributed by atoms with Gasteiger partial charge in [0.1, 0.15) is 0 Å². The Morgan fingerprint density at radius 3 is 2.30 bits per heavy atom. The summed E-state index contributed by atoms with van der Waals surface area (Å²) in [7, 11) is 2.07. The predicted octanol–water partition coefficient (Wildman–Crippen LogP) is 0.424. The molecule has 0 spiro atoms. The van der Waals surface area contributed by atoms with Crippen LogP contribution < -0.4 is 5.90 Å². The van der Waals surface area contributed by atoms with Crippen LogP contribution in [0.15, 0.2) is 0 Å². The minimum Gasteiger partial charge on any atom is -0.304 e. The van der Waals surface area contributed by atoms with Crippen molar-refractivity contribution in [2.24, 2.45) is 5.90 Å². The first-order valence-corrected chi connectivity index (χ1v) is 2.87. The molecule has 10 heavy (non-hydrogen) atoms. The highest BCUT2D eigenvalue weighted by Gasteiger charge is 2.18. The van der Waals surface area contributed by atoms with Gasteiger partial charge in [-0.1, -0.05) is 0 Å². The molecule has 0 aliphatic carbocycles. The van der Waals surface area contributed by atoms with Crippen LogP contribution in [0.3, 0.4) is 0 Å². The van der Waals surface area contributed by atoms with E-state index in [-0.39, 0.29) is 30.9 Å². The van der Waals surface area contributed by atoms with Crippen molar-refractivity contribution in [3.63, 3.8) is 0 Å². The maximum Gasteiger partial charge on any atom is 0.0925 e. The minimum atomic E-state index is 0. The molecule has 1 rings (SSSR count). The van der Waals surface area contributed by atoms with Gasteiger partial charge < -0.3 is 4.90 Å². The summed E-state index contributed by atoms with van der Waals surface area (Å²) < 4.78 is 0. The van der Waals surface area contributed by atoms with Crippen molar-refractivity contribution >= 4 is 24.8 Å². The lowest BCUT2D eigenvalue weighted by molar-refractivity contribution is 0.0614. The highest BCUT2D eigenvalue weighted by atomic mass is 35.5. The van der Waals surface area contributed by atoms with Crippen molar-refractivity contribution in [1.29, 1.82) is 0 Å². The minimum absolute atomic E-state index is 0. The van der Waals surface area contributed by atoms with Gasteiger partial charge in [-0.3, -0.25) is 4.84 Å². The van der Waals surface area contributed by atoms with Crippen LogP contribution in [0.1, 0.15) is 6.42 Å². The maximum absolute atomic E-state index is 4.97. The quantitative estimate of drug-likeness (QED) is 0.607. The highest BCUT2D eigenvalue weighted by Crippen LogP contribution is 2.07. The molecule has 1 heterocycles. The van der Waals surface area contributed by atoms with E-state index in [2.05, 4.69) is 16.8 Å². The van der Waals surface area contributed by atoms with Crippen LogP contribution >= 0.6 is 24.8 Å². The molecule has 0 saturated carbocycles. The van der Waals surface area contributed by atoms with E-state index in [9.17, 15) is 0 Å². The molecule has 1 aliphatic rings. The summed E-state index contributed by atoms with van der Waals surface area (Å²) in [6, 6.07) is 0. The molecular formula is C5H14Cl2N2O. The van der Waals surface area contributed by atoms with E-state index in [1.165, 1.54) is 0 Å². The maximum atomic E-state index is 4.97. The molecule has 64 valence electrons. The topological polar surface area (TPSA) is 38.5 Å². The van der Waals surface area contributed by atoms with E-state index in [1.807, 2.05) is 0 Å². The molecule has 2 N–H and O–H groups in total. The van der Waals surface area contributed by atoms with Crippen molar-refractivity contribution in [2.75, 3.05) is 20.1 Å². The molecule has 0 aromatic carbocycles. The molecule has 0 bridgehead atoms. The fourth-order valence-corrected chi connectivity index (χ4v) is 1.01. The molecule has 1 saturated heterocycles. The van der Waals surface area contributed by atoms with E-state index in [0.29, 0.717) is 0 Å². The number of hydrogen-bond acceptors (Lipinski definition) is 3. The van der Waals surface area contributed by atoms with Crippen molar-refractivity contribution in [3.05, 3.63) is 0 Å². The fourth-order valence-electron chi connectivity index (χ4n) is 1.01. The highest BCUT2D eigenvalue weighted by molar-refractivity contribution is 5.85. The van der Waals surface area contributed by atoms with Crippen LogP contribution in [0, 0.1) is 0 Å². The molecule has 0 aromatic rings. The first-order valence-electron chi connectivity index (χ1n) is 2.87. The lowest BCUT2D eigenvalue weighted by atomic mass is 10.3. The van der Waals surface area contributed by atoms with Crippen molar-refractivity contribution in [1.82, 2.24) is 4.90 Å². The average molecular weight is 189 g/mol. The molecular weight excluding hydrogens is 175 g/mol. The summed E-state index contributed by atoms with van der Waals surface area (Å²) in [5.41, 5.74) is 0. The second-order valence-electron chi connectivity index (χ2n) is 2.31. The Morgan fingerprint density at radius 1 is 1.50 bits per heavy atom. The average Bonchev–Trinajstić information content (AvgIpc) is 2.14. The third-order valence-electron chi connectivity index (χ3n) is 1.54. The van der Waals surface area contributed by atoms with Gasteiger partial charge in [-0.25, -0.2) is 5.90 Å². The summed E-state index contributed by atoms with van der Waals surface area (Å²) in [6.07, 6.45) is 1.35. The van der Waals surface area contributed by atoms with Crippen LogP contribution in [0.2, 0.25) is 0 Å². The van der Waals surface area contributed by atoms with Crippen molar-refractivity contribution < 1.29 is 4.84 Å². The summed E-state index contributed by atoms with van der Waals surface area (Å²) in [4.78, 5) is 6.85. The molecule has 0 amide bonds. The van der Waals surface area contributed by atoms with E-state index in [4.69, 9.17) is 5.90 Å². The third-order valence-corrected chi connectivity index (χ3v) is 1.54. The van der Waals surface area contributed by atoms with Gasteiger partial charge in [0.15, 0.2) is 0 Å². The van der Waals surface area contributed by atoms with Crippen LogP contribution in [0.25, 0.3) is 0 Å². The summed E-state index contributed by atoms with van der Waals surface area (Å²) in [5.74, 6) is 4.97. The largest absolute Gasteiger partial charge is 0.304 e. The number of likely N-dealkylation sites (N-methyl/N-ethyl adjacent to an activating group) is 1. The summed E-state index contributed by atoms with van der Waals surface area (Å²) >= 11 is 0. The predicted molar refractivity (Wildman–Crippen MR) is 45.7 cm³/mol. The number of halogens is 2. The molecule has 1 atom stereocenters. The molecule has 0 aromatic heterocycles. The van der Waals surface area contributed by atoms with E-state index < -0.39 is 0 Å².